The Labute approximate surface area is 135 Å². The van der Waals surface area contributed by atoms with Crippen LogP contribution in [0.15, 0.2) is 30.3 Å². The maximum atomic E-state index is 11.2. The molecule has 0 spiro atoms. The molecule has 0 saturated heterocycles. The van der Waals surface area contributed by atoms with Crippen molar-refractivity contribution in [1.29, 1.82) is 0 Å². The molecule has 1 aromatic carbocycles. The van der Waals surface area contributed by atoms with Crippen molar-refractivity contribution in [3.05, 3.63) is 53.0 Å². The van der Waals surface area contributed by atoms with Crippen LogP contribution in [0.3, 0.4) is 0 Å². The first kappa shape index (κ1) is 15.5. The van der Waals surface area contributed by atoms with Crippen LogP contribution in [0.25, 0.3) is 0 Å². The Kier molecular flexibility index (Phi) is 4.28. The van der Waals surface area contributed by atoms with Crippen molar-refractivity contribution in [1.82, 2.24) is 9.97 Å². The lowest BCUT2D eigenvalue weighted by Crippen LogP contribution is -2.28. The molecule has 0 radical (unpaired) electrons. The molecule has 1 heterocycles. The fourth-order valence-corrected chi connectivity index (χ4v) is 3.15. The van der Waals surface area contributed by atoms with Crippen LogP contribution in [0.2, 0.25) is 0 Å². The second kappa shape index (κ2) is 6.36. The average molecular weight is 311 g/mol. The van der Waals surface area contributed by atoms with Gasteiger partial charge in [0, 0.05) is 12.1 Å². The van der Waals surface area contributed by atoms with Gasteiger partial charge in [0.25, 0.3) is 0 Å². The van der Waals surface area contributed by atoms with E-state index in [-0.39, 0.29) is 5.69 Å². The number of hydrogen-bond acceptors (Lipinski definition) is 4. The van der Waals surface area contributed by atoms with Crippen LogP contribution in [0.1, 0.15) is 46.2 Å². The molecular weight excluding hydrogens is 290 g/mol. The highest BCUT2D eigenvalue weighted by Gasteiger charge is 2.30. The summed E-state index contributed by atoms with van der Waals surface area (Å²) in [5.74, 6) is 1.35. The number of aromatic nitrogens is 2. The van der Waals surface area contributed by atoms with Crippen molar-refractivity contribution >= 4 is 11.8 Å². The number of hydrogen-bond donors (Lipinski definition) is 2. The van der Waals surface area contributed by atoms with E-state index >= 15 is 0 Å². The minimum absolute atomic E-state index is 0.0794. The number of carbonyl (C=O) groups is 1. The zero-order chi connectivity index (χ0) is 16.4. The molecule has 1 aliphatic rings. The predicted molar refractivity (Wildman–Crippen MR) is 88.9 cm³/mol. The summed E-state index contributed by atoms with van der Waals surface area (Å²) in [7, 11) is 0. The molecular formula is C18H21N3O2. The minimum Gasteiger partial charge on any atom is -0.476 e. The van der Waals surface area contributed by atoms with E-state index in [1.165, 1.54) is 5.56 Å². The van der Waals surface area contributed by atoms with Gasteiger partial charge in [-0.2, -0.15) is 0 Å². The van der Waals surface area contributed by atoms with E-state index in [2.05, 4.69) is 39.6 Å². The van der Waals surface area contributed by atoms with E-state index < -0.39 is 5.97 Å². The number of carboxylic acid groups (broad SMARTS) is 1. The molecule has 0 bridgehead atoms. The van der Waals surface area contributed by atoms with Gasteiger partial charge in [-0.15, -0.1) is 0 Å². The standard InChI is InChI=1S/C18H21N3O2/c1-11-16(18(22)23)20-12(2)21-17(11)19-10-13-8-15(9-13)14-6-4-3-5-7-14/h3-7,13,15H,8-10H2,1-2H3,(H,22,23)(H,19,20,21)/t13-,15-. The zero-order valence-electron chi connectivity index (χ0n) is 13.4. The molecule has 23 heavy (non-hydrogen) atoms. The van der Waals surface area contributed by atoms with Crippen LogP contribution < -0.4 is 5.32 Å². The quantitative estimate of drug-likeness (QED) is 0.885. The molecule has 5 heteroatoms. The third-order valence-electron chi connectivity index (χ3n) is 4.53. The molecule has 120 valence electrons. The highest BCUT2D eigenvalue weighted by molar-refractivity contribution is 5.88. The van der Waals surface area contributed by atoms with Crippen molar-refractivity contribution in [2.45, 2.75) is 32.6 Å². The number of aromatic carboxylic acids is 1. The highest BCUT2D eigenvalue weighted by Crippen LogP contribution is 2.41. The van der Waals surface area contributed by atoms with Gasteiger partial charge in [0.1, 0.15) is 11.6 Å². The highest BCUT2D eigenvalue weighted by atomic mass is 16.4. The normalized spacial score (nSPS) is 19.9. The van der Waals surface area contributed by atoms with Crippen LogP contribution in [-0.2, 0) is 0 Å². The summed E-state index contributed by atoms with van der Waals surface area (Å²) in [6.45, 7) is 4.28. The van der Waals surface area contributed by atoms with Gasteiger partial charge >= 0.3 is 5.97 Å². The molecule has 0 aliphatic heterocycles. The van der Waals surface area contributed by atoms with E-state index in [9.17, 15) is 9.90 Å². The second-order valence-corrected chi connectivity index (χ2v) is 6.22. The van der Waals surface area contributed by atoms with Gasteiger partial charge in [-0.05, 0) is 44.1 Å². The SMILES string of the molecule is Cc1nc(NC[C@H]2C[C@H](c3ccccc3)C2)c(C)c(C(=O)O)n1. The lowest BCUT2D eigenvalue weighted by Gasteiger charge is -2.36. The molecule has 3 rings (SSSR count). The molecule has 5 nitrogen and oxygen atoms in total. The topological polar surface area (TPSA) is 75.1 Å². The molecule has 2 aromatic rings. The predicted octanol–water partition coefficient (Wildman–Crippen LogP) is 3.40. The van der Waals surface area contributed by atoms with E-state index in [0.29, 0.717) is 29.0 Å². The van der Waals surface area contributed by atoms with Gasteiger partial charge in [-0.25, -0.2) is 14.8 Å². The summed E-state index contributed by atoms with van der Waals surface area (Å²) >= 11 is 0. The third-order valence-corrected chi connectivity index (χ3v) is 4.53. The van der Waals surface area contributed by atoms with Crippen molar-refractivity contribution in [3.8, 4) is 0 Å². The summed E-state index contributed by atoms with van der Waals surface area (Å²) in [4.78, 5) is 19.5. The van der Waals surface area contributed by atoms with E-state index in [4.69, 9.17) is 0 Å². The van der Waals surface area contributed by atoms with E-state index in [0.717, 1.165) is 19.4 Å². The zero-order valence-corrected chi connectivity index (χ0v) is 13.4. The molecule has 0 amide bonds. The fraction of sp³-hybridized carbons (Fsp3) is 0.389. The first-order valence-corrected chi connectivity index (χ1v) is 7.92. The summed E-state index contributed by atoms with van der Waals surface area (Å²) in [5, 5.41) is 12.5. The number of anilines is 1. The lowest BCUT2D eigenvalue weighted by molar-refractivity contribution is 0.0689. The third kappa shape index (κ3) is 3.33. The molecule has 1 saturated carbocycles. The average Bonchev–Trinajstić information content (AvgIpc) is 2.49. The molecule has 1 aromatic heterocycles. The molecule has 2 N–H and O–H groups in total. The van der Waals surface area contributed by atoms with Gasteiger partial charge in [0.15, 0.2) is 5.69 Å². The summed E-state index contributed by atoms with van der Waals surface area (Å²) in [6.07, 6.45) is 2.32. The number of carboxylic acids is 1. The molecule has 0 unspecified atom stereocenters. The number of nitrogens with zero attached hydrogens (tertiary/aromatic N) is 2. The van der Waals surface area contributed by atoms with E-state index in [1.54, 1.807) is 13.8 Å². The first-order chi connectivity index (χ1) is 11.0. The Balaban J connectivity index is 1.59. The number of rotatable bonds is 5. The maximum Gasteiger partial charge on any atom is 0.354 e. The lowest BCUT2D eigenvalue weighted by atomic mass is 9.71. The van der Waals surface area contributed by atoms with Gasteiger partial charge < -0.3 is 10.4 Å². The Morgan fingerprint density at radius 3 is 2.57 bits per heavy atom. The first-order valence-electron chi connectivity index (χ1n) is 7.92. The monoisotopic (exact) mass is 311 g/mol. The summed E-state index contributed by atoms with van der Waals surface area (Å²) in [5.41, 5.74) is 2.09. The molecule has 1 aliphatic carbocycles. The van der Waals surface area contributed by atoms with Gasteiger partial charge in [0.05, 0.1) is 0 Å². The maximum absolute atomic E-state index is 11.2. The van der Waals surface area contributed by atoms with Gasteiger partial charge in [-0.3, -0.25) is 0 Å². The Bertz CT molecular complexity index is 710. The Hall–Kier alpha value is -2.43. The number of benzene rings is 1. The van der Waals surface area contributed by atoms with Crippen molar-refractivity contribution in [2.75, 3.05) is 11.9 Å². The fourth-order valence-electron chi connectivity index (χ4n) is 3.15. The largest absolute Gasteiger partial charge is 0.476 e. The van der Waals surface area contributed by atoms with E-state index in [1.807, 2.05) is 6.07 Å². The van der Waals surface area contributed by atoms with Gasteiger partial charge in [0.2, 0.25) is 0 Å². The van der Waals surface area contributed by atoms with Crippen molar-refractivity contribution in [3.63, 3.8) is 0 Å². The van der Waals surface area contributed by atoms with Crippen LogP contribution >= 0.6 is 0 Å². The minimum atomic E-state index is -1.01. The van der Waals surface area contributed by atoms with Crippen LogP contribution in [0.4, 0.5) is 5.82 Å². The van der Waals surface area contributed by atoms with Crippen molar-refractivity contribution < 1.29 is 9.90 Å². The number of aryl methyl sites for hydroxylation is 1. The van der Waals surface area contributed by atoms with Crippen LogP contribution in [-0.4, -0.2) is 27.6 Å². The van der Waals surface area contributed by atoms with Crippen LogP contribution in [0.5, 0.6) is 0 Å². The molecule has 1 fully saturated rings. The Morgan fingerprint density at radius 2 is 1.91 bits per heavy atom. The smallest absolute Gasteiger partial charge is 0.354 e. The van der Waals surface area contributed by atoms with Crippen molar-refractivity contribution in [2.24, 2.45) is 5.92 Å². The summed E-state index contributed by atoms with van der Waals surface area (Å²) < 4.78 is 0. The van der Waals surface area contributed by atoms with Crippen LogP contribution in [0, 0.1) is 19.8 Å². The summed E-state index contributed by atoms with van der Waals surface area (Å²) in [6, 6.07) is 10.6. The van der Waals surface area contributed by atoms with Gasteiger partial charge in [-0.1, -0.05) is 30.3 Å². The Morgan fingerprint density at radius 1 is 1.22 bits per heavy atom. The molecule has 0 atom stereocenters. The second-order valence-electron chi connectivity index (χ2n) is 6.22. The number of nitrogens with one attached hydrogen (secondary N) is 1.